The molecule has 0 unspecified atom stereocenters. The Bertz CT molecular complexity index is 373. The summed E-state index contributed by atoms with van der Waals surface area (Å²) in [6, 6.07) is 0. The van der Waals surface area contributed by atoms with Crippen LogP contribution in [-0.4, -0.2) is 36.9 Å². The fourth-order valence-corrected chi connectivity index (χ4v) is 3.39. The van der Waals surface area contributed by atoms with Crippen molar-refractivity contribution in [2.24, 2.45) is 22.4 Å². The lowest BCUT2D eigenvalue weighted by Gasteiger charge is -2.40. The fraction of sp³-hybridized carbons (Fsp3) is 0.800. The third-order valence-corrected chi connectivity index (χ3v) is 5.29. The van der Waals surface area contributed by atoms with E-state index >= 15 is 0 Å². The van der Waals surface area contributed by atoms with Gasteiger partial charge in [-0.2, -0.15) is 0 Å². The van der Waals surface area contributed by atoms with Crippen molar-refractivity contribution < 1.29 is 4.84 Å². The van der Waals surface area contributed by atoms with Crippen LogP contribution in [0, 0.1) is 17.3 Å². The molecule has 0 saturated heterocycles. The zero-order valence-corrected chi connectivity index (χ0v) is 12.4. The molecule has 2 aliphatic carbocycles. The molecule has 3 heteroatoms. The first-order chi connectivity index (χ1) is 8.34. The van der Waals surface area contributed by atoms with Gasteiger partial charge in [-0.15, -0.1) is 0 Å². The first-order valence-corrected chi connectivity index (χ1v) is 6.81. The second-order valence-corrected chi connectivity index (χ2v) is 6.73. The number of hydrogen-bond acceptors (Lipinski definition) is 3. The van der Waals surface area contributed by atoms with E-state index in [2.05, 4.69) is 51.5 Å². The molecular weight excluding hydrogens is 224 g/mol. The molecule has 0 spiro atoms. The maximum Gasteiger partial charge on any atom is 0.135 e. The summed E-state index contributed by atoms with van der Waals surface area (Å²) in [6.45, 7) is 11.2. The first-order valence-electron chi connectivity index (χ1n) is 6.81. The summed E-state index contributed by atoms with van der Waals surface area (Å²) in [7, 11) is 4.28. The number of hydrogen-bond donors (Lipinski definition) is 0. The molecule has 102 valence electrons. The van der Waals surface area contributed by atoms with Gasteiger partial charge in [0.25, 0.3) is 0 Å². The Hall–Kier alpha value is -0.830. The number of fused-ring (bicyclic) bond motifs is 1. The van der Waals surface area contributed by atoms with Crippen LogP contribution in [0.4, 0.5) is 0 Å². The number of nitrogens with zero attached hydrogens (tertiary/aromatic N) is 2. The normalized spacial score (nSPS) is 39.6. The minimum absolute atomic E-state index is 0.0378. The van der Waals surface area contributed by atoms with E-state index in [0.717, 1.165) is 18.3 Å². The minimum atomic E-state index is 0.0378. The monoisotopic (exact) mass is 250 g/mol. The molecule has 0 heterocycles. The maximum atomic E-state index is 5.35. The maximum absolute atomic E-state index is 5.35. The van der Waals surface area contributed by atoms with Gasteiger partial charge in [0, 0.05) is 0 Å². The fourth-order valence-electron chi connectivity index (χ4n) is 3.39. The topological polar surface area (TPSA) is 24.8 Å². The highest BCUT2D eigenvalue weighted by atomic mass is 16.6. The molecule has 18 heavy (non-hydrogen) atoms. The van der Waals surface area contributed by atoms with Crippen LogP contribution in [0.25, 0.3) is 0 Å². The van der Waals surface area contributed by atoms with E-state index < -0.39 is 0 Å². The molecule has 0 bridgehead atoms. The molecule has 0 N–H and O–H groups in total. The SMILES string of the molecule is C=CCON=C1C[C@@H]2[C@H](C[C@]1(C)N(C)C)C2(C)C. The molecule has 0 aromatic heterocycles. The van der Waals surface area contributed by atoms with Gasteiger partial charge in [-0.05, 0) is 51.1 Å². The Kier molecular flexibility index (Phi) is 3.30. The van der Waals surface area contributed by atoms with Crippen LogP contribution in [0.1, 0.15) is 33.6 Å². The summed E-state index contributed by atoms with van der Waals surface area (Å²) >= 11 is 0. The van der Waals surface area contributed by atoms with Crippen LogP contribution in [-0.2, 0) is 4.84 Å². The van der Waals surface area contributed by atoms with Gasteiger partial charge in [-0.25, -0.2) is 0 Å². The van der Waals surface area contributed by atoms with Gasteiger partial charge in [0.2, 0.25) is 0 Å². The predicted molar refractivity (Wildman–Crippen MR) is 75.7 cm³/mol. The zero-order chi connectivity index (χ0) is 13.6. The summed E-state index contributed by atoms with van der Waals surface area (Å²) in [5, 5.41) is 4.39. The summed E-state index contributed by atoms with van der Waals surface area (Å²) in [5.74, 6) is 1.62. The van der Waals surface area contributed by atoms with E-state index in [1.807, 2.05) is 0 Å². The molecule has 2 rings (SSSR count). The van der Waals surface area contributed by atoms with Crippen molar-refractivity contribution in [2.45, 2.75) is 39.2 Å². The van der Waals surface area contributed by atoms with Gasteiger partial charge < -0.3 is 4.84 Å². The van der Waals surface area contributed by atoms with Crippen LogP contribution in [0.2, 0.25) is 0 Å². The van der Waals surface area contributed by atoms with Crippen molar-refractivity contribution in [3.05, 3.63) is 12.7 Å². The molecule has 3 nitrogen and oxygen atoms in total. The van der Waals surface area contributed by atoms with Crippen molar-refractivity contribution in [3.63, 3.8) is 0 Å². The molecule has 3 atom stereocenters. The quantitative estimate of drug-likeness (QED) is 0.435. The average molecular weight is 250 g/mol. The predicted octanol–water partition coefficient (Wildman–Crippen LogP) is 2.93. The third kappa shape index (κ3) is 1.99. The molecule has 0 amide bonds. The van der Waals surface area contributed by atoms with Crippen molar-refractivity contribution in [3.8, 4) is 0 Å². The highest BCUT2D eigenvalue weighted by molar-refractivity contribution is 5.94. The summed E-state index contributed by atoms with van der Waals surface area (Å²) < 4.78 is 0. The van der Waals surface area contributed by atoms with E-state index in [1.165, 1.54) is 12.1 Å². The Morgan fingerprint density at radius 2 is 2.06 bits per heavy atom. The van der Waals surface area contributed by atoms with Crippen molar-refractivity contribution >= 4 is 5.71 Å². The number of oxime groups is 1. The molecule has 2 saturated carbocycles. The Morgan fingerprint density at radius 3 is 2.61 bits per heavy atom. The second kappa shape index (κ2) is 4.37. The van der Waals surface area contributed by atoms with Gasteiger partial charge in [-0.3, -0.25) is 4.90 Å². The van der Waals surface area contributed by atoms with E-state index in [0.29, 0.717) is 12.0 Å². The molecule has 2 fully saturated rings. The van der Waals surface area contributed by atoms with Crippen LogP contribution in [0.3, 0.4) is 0 Å². The lowest BCUT2D eigenvalue weighted by molar-refractivity contribution is 0.153. The Labute approximate surface area is 111 Å². The highest BCUT2D eigenvalue weighted by Crippen LogP contribution is 2.66. The van der Waals surface area contributed by atoms with E-state index in [1.54, 1.807) is 6.08 Å². The highest BCUT2D eigenvalue weighted by Gasteiger charge is 2.63. The molecule has 2 aliphatic rings. The summed E-state index contributed by atoms with van der Waals surface area (Å²) in [6.07, 6.45) is 4.00. The standard InChI is InChI=1S/C15H26N2O/c1-7-8-18-16-13-9-11-12(14(11,2)3)10-15(13,4)17(5)6/h7,11-12H,1,8-10H2,2-6H3/t11-,12+,15+/m1/s1. The van der Waals surface area contributed by atoms with Crippen LogP contribution >= 0.6 is 0 Å². The average Bonchev–Trinajstić information content (AvgIpc) is 2.80. The zero-order valence-electron chi connectivity index (χ0n) is 12.4. The van der Waals surface area contributed by atoms with Gasteiger partial charge in [0.05, 0.1) is 11.3 Å². The second-order valence-electron chi connectivity index (χ2n) is 6.73. The van der Waals surface area contributed by atoms with E-state index in [4.69, 9.17) is 4.84 Å². The van der Waals surface area contributed by atoms with Gasteiger partial charge in [0.1, 0.15) is 6.61 Å². The largest absolute Gasteiger partial charge is 0.392 e. The molecule has 0 aliphatic heterocycles. The van der Waals surface area contributed by atoms with Gasteiger partial charge in [0.15, 0.2) is 0 Å². The Balaban J connectivity index is 2.19. The molecule has 0 aromatic rings. The van der Waals surface area contributed by atoms with Crippen molar-refractivity contribution in [2.75, 3.05) is 20.7 Å². The van der Waals surface area contributed by atoms with Crippen LogP contribution < -0.4 is 0 Å². The minimum Gasteiger partial charge on any atom is -0.392 e. The number of rotatable bonds is 4. The molecule has 0 radical (unpaired) electrons. The lowest BCUT2D eigenvalue weighted by atomic mass is 9.80. The molecular formula is C15H26N2O. The van der Waals surface area contributed by atoms with Crippen LogP contribution in [0.15, 0.2) is 17.8 Å². The van der Waals surface area contributed by atoms with E-state index in [-0.39, 0.29) is 5.54 Å². The van der Waals surface area contributed by atoms with Gasteiger partial charge in [-0.1, -0.05) is 31.7 Å². The summed E-state index contributed by atoms with van der Waals surface area (Å²) in [5.41, 5.74) is 1.71. The van der Waals surface area contributed by atoms with Gasteiger partial charge >= 0.3 is 0 Å². The first kappa shape index (κ1) is 13.6. The lowest BCUT2D eigenvalue weighted by Crippen LogP contribution is -2.51. The van der Waals surface area contributed by atoms with E-state index in [9.17, 15) is 0 Å². The van der Waals surface area contributed by atoms with Crippen LogP contribution in [0.5, 0.6) is 0 Å². The third-order valence-electron chi connectivity index (χ3n) is 5.29. The van der Waals surface area contributed by atoms with Crippen molar-refractivity contribution in [1.82, 2.24) is 4.90 Å². The Morgan fingerprint density at radius 1 is 1.39 bits per heavy atom. The smallest absolute Gasteiger partial charge is 0.135 e. The molecule has 0 aromatic carbocycles. The summed E-state index contributed by atoms with van der Waals surface area (Å²) in [4.78, 5) is 7.63. The van der Waals surface area contributed by atoms with Crippen molar-refractivity contribution in [1.29, 1.82) is 0 Å².